The summed E-state index contributed by atoms with van der Waals surface area (Å²) in [5, 5.41) is 20.8. The molecular formula is C12H17N3O2. The first kappa shape index (κ1) is 13.3. The molecule has 0 radical (unpaired) electrons. The fourth-order valence-corrected chi connectivity index (χ4v) is 1.35. The third-order valence-corrected chi connectivity index (χ3v) is 2.55. The van der Waals surface area contributed by atoms with Gasteiger partial charge in [-0.25, -0.2) is 0 Å². The average Bonchev–Trinajstić information content (AvgIpc) is 2.77. The molecule has 92 valence electrons. The first-order chi connectivity index (χ1) is 8.04. The number of carbonyl (C=O) groups is 1. The van der Waals surface area contributed by atoms with E-state index in [-0.39, 0.29) is 11.8 Å². The molecule has 0 bridgehead atoms. The summed E-state index contributed by atoms with van der Waals surface area (Å²) in [6.45, 7) is 4.27. The smallest absolute Gasteiger partial charge is 0.267 e. The molecule has 5 nitrogen and oxygen atoms in total. The predicted octanol–water partition coefficient (Wildman–Crippen LogP) is 1.02. The van der Waals surface area contributed by atoms with Gasteiger partial charge in [-0.15, -0.1) is 0 Å². The van der Waals surface area contributed by atoms with E-state index in [4.69, 9.17) is 5.26 Å². The third-order valence-electron chi connectivity index (χ3n) is 2.55. The van der Waals surface area contributed by atoms with E-state index >= 15 is 0 Å². The molecule has 3 N–H and O–H groups in total. The summed E-state index contributed by atoms with van der Waals surface area (Å²) in [5.74, 6) is -0.0787. The molecule has 5 heteroatoms. The number of aromatic nitrogens is 1. The zero-order chi connectivity index (χ0) is 12.8. The van der Waals surface area contributed by atoms with Crippen LogP contribution in [0.5, 0.6) is 0 Å². The number of aliphatic hydroxyl groups excluding tert-OH is 1. The molecule has 17 heavy (non-hydrogen) atoms. The summed E-state index contributed by atoms with van der Waals surface area (Å²) < 4.78 is 0. The molecular weight excluding hydrogens is 218 g/mol. The molecule has 0 aliphatic rings. The van der Waals surface area contributed by atoms with Crippen molar-refractivity contribution in [3.8, 4) is 6.07 Å². The number of amides is 1. The summed E-state index contributed by atoms with van der Waals surface area (Å²) in [6, 6.07) is 3.43. The molecule has 1 heterocycles. The van der Waals surface area contributed by atoms with E-state index in [1.807, 2.05) is 19.9 Å². The van der Waals surface area contributed by atoms with Crippen molar-refractivity contribution in [2.24, 2.45) is 5.92 Å². The lowest BCUT2D eigenvalue weighted by Gasteiger charge is -2.14. The van der Waals surface area contributed by atoms with Gasteiger partial charge >= 0.3 is 0 Å². The van der Waals surface area contributed by atoms with E-state index < -0.39 is 6.10 Å². The number of nitrogens with one attached hydrogen (secondary N) is 2. The van der Waals surface area contributed by atoms with E-state index in [9.17, 15) is 9.90 Å². The van der Waals surface area contributed by atoms with Crippen molar-refractivity contribution < 1.29 is 9.90 Å². The standard InChI is InChI=1S/C12H17N3O2/c1-8(2)11(16)3-4-14-12(17)10-5-9(6-13)7-15-10/h5,7-8,11,15-16H,3-4H2,1-2H3,(H,14,17). The van der Waals surface area contributed by atoms with Crippen molar-refractivity contribution in [3.05, 3.63) is 23.5 Å². The molecule has 0 aliphatic carbocycles. The number of hydrogen-bond acceptors (Lipinski definition) is 3. The van der Waals surface area contributed by atoms with E-state index in [0.29, 0.717) is 24.2 Å². The lowest BCUT2D eigenvalue weighted by Crippen LogP contribution is -2.28. The maximum atomic E-state index is 11.6. The number of aliphatic hydroxyl groups is 1. The highest BCUT2D eigenvalue weighted by Crippen LogP contribution is 2.05. The van der Waals surface area contributed by atoms with Crippen molar-refractivity contribution in [1.82, 2.24) is 10.3 Å². The van der Waals surface area contributed by atoms with Crippen molar-refractivity contribution >= 4 is 5.91 Å². The molecule has 1 atom stereocenters. The van der Waals surface area contributed by atoms with Crippen LogP contribution < -0.4 is 5.32 Å². The maximum absolute atomic E-state index is 11.6. The monoisotopic (exact) mass is 235 g/mol. The SMILES string of the molecule is CC(C)C(O)CCNC(=O)c1cc(C#N)c[nH]1. The van der Waals surface area contributed by atoms with Crippen molar-refractivity contribution in [2.75, 3.05) is 6.54 Å². The minimum atomic E-state index is -0.409. The first-order valence-corrected chi connectivity index (χ1v) is 5.59. The van der Waals surface area contributed by atoms with Gasteiger partial charge in [0.1, 0.15) is 11.8 Å². The Hall–Kier alpha value is -1.80. The van der Waals surface area contributed by atoms with Crippen molar-refractivity contribution in [2.45, 2.75) is 26.4 Å². The maximum Gasteiger partial charge on any atom is 0.267 e. The zero-order valence-corrected chi connectivity index (χ0v) is 10.0. The largest absolute Gasteiger partial charge is 0.393 e. The van der Waals surface area contributed by atoms with Crippen LogP contribution in [0.2, 0.25) is 0 Å². The highest BCUT2D eigenvalue weighted by Gasteiger charge is 2.11. The van der Waals surface area contributed by atoms with Gasteiger partial charge in [0.25, 0.3) is 5.91 Å². The number of carbonyl (C=O) groups excluding carboxylic acids is 1. The summed E-state index contributed by atoms with van der Waals surface area (Å²) in [6.07, 6.45) is 1.60. The van der Waals surface area contributed by atoms with Gasteiger partial charge in [-0.1, -0.05) is 13.8 Å². The number of rotatable bonds is 5. The summed E-state index contributed by atoms with van der Waals surface area (Å²) in [7, 11) is 0. The molecule has 1 aromatic heterocycles. The van der Waals surface area contributed by atoms with Crippen LogP contribution in [0.25, 0.3) is 0 Å². The number of hydrogen-bond donors (Lipinski definition) is 3. The first-order valence-electron chi connectivity index (χ1n) is 5.59. The Morgan fingerprint density at radius 2 is 2.35 bits per heavy atom. The molecule has 1 rings (SSSR count). The average molecular weight is 235 g/mol. The second-order valence-electron chi connectivity index (χ2n) is 4.27. The Kier molecular flexibility index (Phi) is 4.73. The van der Waals surface area contributed by atoms with Crippen LogP contribution >= 0.6 is 0 Å². The summed E-state index contributed by atoms with van der Waals surface area (Å²) >= 11 is 0. The number of aromatic amines is 1. The number of nitrogens with zero attached hydrogens (tertiary/aromatic N) is 1. The summed E-state index contributed by atoms with van der Waals surface area (Å²) in [5.41, 5.74) is 0.790. The molecule has 0 fully saturated rings. The fourth-order valence-electron chi connectivity index (χ4n) is 1.35. The quantitative estimate of drug-likeness (QED) is 0.712. The Balaban J connectivity index is 2.38. The molecule has 1 unspecified atom stereocenters. The fraction of sp³-hybridized carbons (Fsp3) is 0.500. The zero-order valence-electron chi connectivity index (χ0n) is 10.0. The third kappa shape index (κ3) is 3.93. The molecule has 0 saturated heterocycles. The van der Waals surface area contributed by atoms with Crippen molar-refractivity contribution in [3.63, 3.8) is 0 Å². The van der Waals surface area contributed by atoms with E-state index in [0.717, 1.165) is 0 Å². The van der Waals surface area contributed by atoms with Crippen LogP contribution in [-0.2, 0) is 0 Å². The second kappa shape index (κ2) is 6.06. The Labute approximate surface area is 100 Å². The van der Waals surface area contributed by atoms with E-state index in [1.54, 1.807) is 0 Å². The van der Waals surface area contributed by atoms with Gasteiger partial charge in [-0.3, -0.25) is 4.79 Å². The Morgan fingerprint density at radius 1 is 1.65 bits per heavy atom. The Bertz CT molecular complexity index is 418. The van der Waals surface area contributed by atoms with Crippen molar-refractivity contribution in [1.29, 1.82) is 5.26 Å². The molecule has 1 amide bonds. The minimum Gasteiger partial charge on any atom is -0.393 e. The molecule has 0 aromatic carbocycles. The van der Waals surface area contributed by atoms with Gasteiger partial charge in [0.2, 0.25) is 0 Å². The normalized spacial score (nSPS) is 12.2. The van der Waals surface area contributed by atoms with Crippen LogP contribution in [0.1, 0.15) is 36.3 Å². The Morgan fingerprint density at radius 3 is 2.88 bits per heavy atom. The van der Waals surface area contributed by atoms with Gasteiger partial charge in [0.15, 0.2) is 0 Å². The van der Waals surface area contributed by atoms with Crippen LogP contribution in [0.3, 0.4) is 0 Å². The highest BCUT2D eigenvalue weighted by molar-refractivity contribution is 5.92. The summed E-state index contributed by atoms with van der Waals surface area (Å²) in [4.78, 5) is 14.3. The van der Waals surface area contributed by atoms with Crippen LogP contribution in [0.4, 0.5) is 0 Å². The van der Waals surface area contributed by atoms with Gasteiger partial charge in [-0.2, -0.15) is 5.26 Å². The molecule has 1 aromatic rings. The number of H-pyrrole nitrogens is 1. The molecule has 0 aliphatic heterocycles. The minimum absolute atomic E-state index is 0.183. The van der Waals surface area contributed by atoms with Crippen LogP contribution in [0, 0.1) is 17.2 Å². The predicted molar refractivity (Wildman–Crippen MR) is 63.3 cm³/mol. The van der Waals surface area contributed by atoms with Gasteiger partial charge < -0.3 is 15.4 Å². The molecule has 0 saturated carbocycles. The second-order valence-corrected chi connectivity index (χ2v) is 4.27. The number of nitriles is 1. The van der Waals surface area contributed by atoms with E-state index in [1.165, 1.54) is 12.3 Å². The van der Waals surface area contributed by atoms with Gasteiger partial charge in [0.05, 0.1) is 11.7 Å². The lowest BCUT2D eigenvalue weighted by atomic mass is 10.0. The lowest BCUT2D eigenvalue weighted by molar-refractivity contribution is 0.0916. The van der Waals surface area contributed by atoms with Crippen LogP contribution in [0.15, 0.2) is 12.3 Å². The topological polar surface area (TPSA) is 88.9 Å². The molecule has 0 spiro atoms. The highest BCUT2D eigenvalue weighted by atomic mass is 16.3. The van der Waals surface area contributed by atoms with Gasteiger partial charge in [-0.05, 0) is 18.4 Å². The van der Waals surface area contributed by atoms with Crippen LogP contribution in [-0.4, -0.2) is 28.6 Å². The van der Waals surface area contributed by atoms with E-state index in [2.05, 4.69) is 10.3 Å². The van der Waals surface area contributed by atoms with Gasteiger partial charge in [0, 0.05) is 12.7 Å².